The van der Waals surface area contributed by atoms with Crippen molar-refractivity contribution in [2.24, 2.45) is 5.73 Å². The molecule has 4 heteroatoms. The summed E-state index contributed by atoms with van der Waals surface area (Å²) in [6.07, 6.45) is 0. The maximum Gasteiger partial charge on any atom is 0.330 e. The lowest BCUT2D eigenvalue weighted by atomic mass is 9.82. The molecule has 0 saturated heterocycles. The maximum atomic E-state index is 11.8. The van der Waals surface area contributed by atoms with E-state index in [4.69, 9.17) is 15.2 Å². The predicted molar refractivity (Wildman–Crippen MR) is 75.2 cm³/mol. The highest BCUT2D eigenvalue weighted by Crippen LogP contribution is 2.34. The van der Waals surface area contributed by atoms with E-state index in [1.165, 1.54) is 7.11 Å². The highest BCUT2D eigenvalue weighted by Gasteiger charge is 2.33. The SMILES string of the molecule is COC(=O)C(C)(N)c1ccc(OC)c(C(C)(C)C)c1. The zero-order valence-electron chi connectivity index (χ0n) is 12.5. The third-order valence-corrected chi connectivity index (χ3v) is 3.22. The Balaban J connectivity index is 3.38. The lowest BCUT2D eigenvalue weighted by molar-refractivity contribution is -0.146. The molecule has 1 rings (SSSR count). The number of ether oxygens (including phenoxy) is 2. The lowest BCUT2D eigenvalue weighted by Gasteiger charge is -2.27. The van der Waals surface area contributed by atoms with Gasteiger partial charge in [-0.3, -0.25) is 0 Å². The first-order valence-corrected chi connectivity index (χ1v) is 6.21. The largest absolute Gasteiger partial charge is 0.496 e. The zero-order valence-corrected chi connectivity index (χ0v) is 12.5. The van der Waals surface area contributed by atoms with E-state index in [1.807, 2.05) is 12.1 Å². The van der Waals surface area contributed by atoms with Crippen molar-refractivity contribution in [3.05, 3.63) is 29.3 Å². The Morgan fingerprint density at radius 3 is 2.16 bits per heavy atom. The van der Waals surface area contributed by atoms with Crippen LogP contribution in [0.2, 0.25) is 0 Å². The molecule has 19 heavy (non-hydrogen) atoms. The van der Waals surface area contributed by atoms with Gasteiger partial charge in [0.15, 0.2) is 0 Å². The molecule has 0 fully saturated rings. The van der Waals surface area contributed by atoms with Gasteiger partial charge < -0.3 is 15.2 Å². The molecule has 0 aliphatic rings. The Hall–Kier alpha value is -1.55. The van der Waals surface area contributed by atoms with Crippen molar-refractivity contribution < 1.29 is 14.3 Å². The van der Waals surface area contributed by atoms with Crippen LogP contribution >= 0.6 is 0 Å². The van der Waals surface area contributed by atoms with Crippen LogP contribution in [0.25, 0.3) is 0 Å². The fourth-order valence-electron chi connectivity index (χ4n) is 1.95. The molecule has 0 saturated carbocycles. The van der Waals surface area contributed by atoms with Crippen molar-refractivity contribution in [3.63, 3.8) is 0 Å². The second kappa shape index (κ2) is 5.21. The van der Waals surface area contributed by atoms with Crippen molar-refractivity contribution in [2.45, 2.75) is 38.6 Å². The molecule has 0 radical (unpaired) electrons. The molecular formula is C15H23NO3. The molecule has 0 aliphatic carbocycles. The van der Waals surface area contributed by atoms with Gasteiger partial charge in [-0.15, -0.1) is 0 Å². The minimum atomic E-state index is -1.17. The normalized spacial score (nSPS) is 14.7. The van der Waals surface area contributed by atoms with Crippen molar-refractivity contribution in [3.8, 4) is 5.75 Å². The standard InChI is InChI=1S/C15H23NO3/c1-14(2,3)11-9-10(7-8-12(11)18-5)15(4,16)13(17)19-6/h7-9H,16H2,1-6H3. The van der Waals surface area contributed by atoms with Crippen LogP contribution in [0, 0.1) is 0 Å². The summed E-state index contributed by atoms with van der Waals surface area (Å²) in [6, 6.07) is 5.55. The van der Waals surface area contributed by atoms with Crippen LogP contribution in [0.1, 0.15) is 38.8 Å². The summed E-state index contributed by atoms with van der Waals surface area (Å²) in [6.45, 7) is 7.90. The number of esters is 1. The Labute approximate surface area is 114 Å². The number of methoxy groups -OCH3 is 2. The summed E-state index contributed by atoms with van der Waals surface area (Å²) in [4.78, 5) is 11.8. The van der Waals surface area contributed by atoms with Gasteiger partial charge in [0.05, 0.1) is 14.2 Å². The summed E-state index contributed by atoms with van der Waals surface area (Å²) in [5, 5.41) is 0. The molecule has 4 nitrogen and oxygen atoms in total. The minimum absolute atomic E-state index is 0.104. The van der Waals surface area contributed by atoms with Crippen LogP contribution in [-0.2, 0) is 20.5 Å². The molecule has 0 spiro atoms. The van der Waals surface area contributed by atoms with Crippen molar-refractivity contribution >= 4 is 5.97 Å². The molecule has 2 N–H and O–H groups in total. The molecule has 1 aromatic rings. The topological polar surface area (TPSA) is 61.5 Å². The highest BCUT2D eigenvalue weighted by molar-refractivity contribution is 5.82. The third kappa shape index (κ3) is 3.07. The summed E-state index contributed by atoms with van der Waals surface area (Å²) < 4.78 is 10.1. The van der Waals surface area contributed by atoms with Crippen LogP contribution in [-0.4, -0.2) is 20.2 Å². The molecule has 0 amide bonds. The second-order valence-electron chi connectivity index (χ2n) is 5.86. The van der Waals surface area contributed by atoms with Crippen molar-refractivity contribution in [2.75, 3.05) is 14.2 Å². The molecule has 0 aliphatic heterocycles. The quantitative estimate of drug-likeness (QED) is 0.852. The molecule has 0 aromatic heterocycles. The summed E-state index contributed by atoms with van der Waals surface area (Å²) in [7, 11) is 2.97. The van der Waals surface area contributed by atoms with Gasteiger partial charge in [0.1, 0.15) is 11.3 Å². The van der Waals surface area contributed by atoms with Gasteiger partial charge in [0.25, 0.3) is 0 Å². The van der Waals surface area contributed by atoms with Gasteiger partial charge in [-0.25, -0.2) is 4.79 Å². The fraction of sp³-hybridized carbons (Fsp3) is 0.533. The molecule has 1 atom stereocenters. The number of carbonyl (C=O) groups is 1. The van der Waals surface area contributed by atoms with Crippen LogP contribution < -0.4 is 10.5 Å². The Morgan fingerprint density at radius 1 is 1.16 bits per heavy atom. The number of rotatable bonds is 3. The first kappa shape index (κ1) is 15.5. The molecule has 0 heterocycles. The molecule has 106 valence electrons. The van der Waals surface area contributed by atoms with E-state index in [-0.39, 0.29) is 5.41 Å². The first-order chi connectivity index (χ1) is 8.64. The number of carbonyl (C=O) groups excluding carboxylic acids is 1. The van der Waals surface area contributed by atoms with Gasteiger partial charge >= 0.3 is 5.97 Å². The third-order valence-electron chi connectivity index (χ3n) is 3.22. The van der Waals surface area contributed by atoms with Gasteiger partial charge in [0.2, 0.25) is 0 Å². The molecule has 1 aromatic carbocycles. The van der Waals surface area contributed by atoms with E-state index in [0.29, 0.717) is 5.56 Å². The number of hydrogen-bond donors (Lipinski definition) is 1. The van der Waals surface area contributed by atoms with Crippen LogP contribution in [0.3, 0.4) is 0 Å². The van der Waals surface area contributed by atoms with Crippen LogP contribution in [0.4, 0.5) is 0 Å². The van der Waals surface area contributed by atoms with Gasteiger partial charge in [-0.05, 0) is 35.6 Å². The number of hydrogen-bond acceptors (Lipinski definition) is 4. The van der Waals surface area contributed by atoms with Gasteiger partial charge in [-0.1, -0.05) is 26.8 Å². The molecule has 0 bridgehead atoms. The fourth-order valence-corrected chi connectivity index (χ4v) is 1.95. The zero-order chi connectivity index (χ0) is 14.8. The van der Waals surface area contributed by atoms with Gasteiger partial charge in [-0.2, -0.15) is 0 Å². The maximum absolute atomic E-state index is 11.8. The smallest absolute Gasteiger partial charge is 0.330 e. The summed E-state index contributed by atoms with van der Waals surface area (Å²) in [5.74, 6) is 0.328. The average molecular weight is 265 g/mol. The van der Waals surface area contributed by atoms with Crippen LogP contribution in [0.5, 0.6) is 5.75 Å². The van der Waals surface area contributed by atoms with Crippen molar-refractivity contribution in [1.82, 2.24) is 0 Å². The number of benzene rings is 1. The van der Waals surface area contributed by atoms with E-state index < -0.39 is 11.5 Å². The number of nitrogens with two attached hydrogens (primary N) is 1. The lowest BCUT2D eigenvalue weighted by Crippen LogP contribution is -2.42. The van der Waals surface area contributed by atoms with E-state index in [1.54, 1.807) is 20.1 Å². The predicted octanol–water partition coefficient (Wildman–Crippen LogP) is 2.34. The van der Waals surface area contributed by atoms with E-state index in [2.05, 4.69) is 20.8 Å². The average Bonchev–Trinajstić information content (AvgIpc) is 2.35. The molecule has 1 unspecified atom stereocenters. The summed E-state index contributed by atoms with van der Waals surface area (Å²) >= 11 is 0. The first-order valence-electron chi connectivity index (χ1n) is 6.21. The summed E-state index contributed by atoms with van der Waals surface area (Å²) in [5.41, 5.74) is 6.53. The van der Waals surface area contributed by atoms with Crippen LogP contribution in [0.15, 0.2) is 18.2 Å². The van der Waals surface area contributed by atoms with E-state index in [9.17, 15) is 4.79 Å². The Kier molecular flexibility index (Phi) is 4.25. The Bertz CT molecular complexity index is 473. The monoisotopic (exact) mass is 265 g/mol. The second-order valence-corrected chi connectivity index (χ2v) is 5.86. The highest BCUT2D eigenvalue weighted by atomic mass is 16.5. The Morgan fingerprint density at radius 2 is 1.74 bits per heavy atom. The molecular weight excluding hydrogens is 242 g/mol. The van der Waals surface area contributed by atoms with E-state index in [0.717, 1.165) is 11.3 Å². The van der Waals surface area contributed by atoms with E-state index >= 15 is 0 Å². The van der Waals surface area contributed by atoms with Crippen molar-refractivity contribution in [1.29, 1.82) is 0 Å². The minimum Gasteiger partial charge on any atom is -0.496 e. The van der Waals surface area contributed by atoms with Gasteiger partial charge in [0, 0.05) is 0 Å².